The van der Waals surface area contributed by atoms with Crippen LogP contribution in [0, 0.1) is 13.8 Å². The molecule has 2 rings (SSSR count). The lowest BCUT2D eigenvalue weighted by Crippen LogP contribution is -2.49. The molecular formula is C15H25N3O2S. The molecule has 2 N–H and O–H groups in total. The quantitative estimate of drug-likeness (QED) is 0.879. The Morgan fingerprint density at radius 1 is 1.14 bits per heavy atom. The molecule has 21 heavy (non-hydrogen) atoms. The van der Waals surface area contributed by atoms with E-state index in [2.05, 4.69) is 4.90 Å². The van der Waals surface area contributed by atoms with Crippen LogP contribution in [-0.2, 0) is 10.0 Å². The number of rotatable bonds is 5. The SMILES string of the molecule is Cc1ccc(S(=O)(=O)N2CCN(CCCN)CC2)c(C)c1. The van der Waals surface area contributed by atoms with Crippen LogP contribution in [0.25, 0.3) is 0 Å². The van der Waals surface area contributed by atoms with Gasteiger partial charge in [0.25, 0.3) is 0 Å². The van der Waals surface area contributed by atoms with Gasteiger partial charge in [0.1, 0.15) is 0 Å². The van der Waals surface area contributed by atoms with Crippen LogP contribution in [0.2, 0.25) is 0 Å². The summed E-state index contributed by atoms with van der Waals surface area (Å²) in [6, 6.07) is 5.50. The van der Waals surface area contributed by atoms with Gasteiger partial charge in [-0.2, -0.15) is 4.31 Å². The summed E-state index contributed by atoms with van der Waals surface area (Å²) < 4.78 is 27.1. The van der Waals surface area contributed by atoms with Crippen LogP contribution >= 0.6 is 0 Å². The van der Waals surface area contributed by atoms with Crippen LogP contribution in [0.15, 0.2) is 23.1 Å². The fourth-order valence-corrected chi connectivity index (χ4v) is 4.36. The second-order valence-corrected chi connectivity index (χ2v) is 7.56. The Kier molecular flexibility index (Phi) is 5.37. The number of nitrogens with zero attached hydrogens (tertiary/aromatic N) is 2. The maximum absolute atomic E-state index is 12.7. The first-order valence-electron chi connectivity index (χ1n) is 7.45. The Hall–Kier alpha value is -0.950. The molecule has 1 aromatic carbocycles. The van der Waals surface area contributed by atoms with Crippen LogP contribution in [0.4, 0.5) is 0 Å². The molecule has 6 heteroatoms. The number of hydrogen-bond donors (Lipinski definition) is 1. The van der Waals surface area contributed by atoms with Crippen molar-refractivity contribution in [1.29, 1.82) is 0 Å². The van der Waals surface area contributed by atoms with E-state index in [0.29, 0.717) is 24.5 Å². The molecule has 0 bridgehead atoms. The van der Waals surface area contributed by atoms with E-state index < -0.39 is 10.0 Å². The summed E-state index contributed by atoms with van der Waals surface area (Å²) in [6.07, 6.45) is 0.962. The van der Waals surface area contributed by atoms with Crippen LogP contribution in [0.1, 0.15) is 17.5 Å². The Labute approximate surface area is 127 Å². The first-order chi connectivity index (χ1) is 9.95. The Balaban J connectivity index is 2.08. The molecule has 0 atom stereocenters. The fraction of sp³-hybridized carbons (Fsp3) is 0.600. The van der Waals surface area contributed by atoms with Crippen molar-refractivity contribution in [2.75, 3.05) is 39.3 Å². The second-order valence-electron chi connectivity index (χ2n) is 5.66. The Morgan fingerprint density at radius 2 is 1.81 bits per heavy atom. The molecule has 0 amide bonds. The maximum Gasteiger partial charge on any atom is 0.243 e. The molecule has 1 aliphatic heterocycles. The molecule has 1 fully saturated rings. The molecule has 1 aliphatic rings. The summed E-state index contributed by atoms with van der Waals surface area (Å²) in [5.74, 6) is 0. The largest absolute Gasteiger partial charge is 0.330 e. The van der Waals surface area contributed by atoms with Gasteiger partial charge in [0.05, 0.1) is 4.90 Å². The van der Waals surface area contributed by atoms with Gasteiger partial charge in [-0.25, -0.2) is 8.42 Å². The predicted molar refractivity (Wildman–Crippen MR) is 84.8 cm³/mol. The normalized spacial score (nSPS) is 18.0. The zero-order valence-corrected chi connectivity index (χ0v) is 13.7. The highest BCUT2D eigenvalue weighted by Crippen LogP contribution is 2.22. The average Bonchev–Trinajstić information content (AvgIpc) is 2.45. The first kappa shape index (κ1) is 16.4. The maximum atomic E-state index is 12.7. The average molecular weight is 311 g/mol. The molecular weight excluding hydrogens is 286 g/mol. The van der Waals surface area contributed by atoms with Gasteiger partial charge in [-0.3, -0.25) is 0 Å². The first-order valence-corrected chi connectivity index (χ1v) is 8.89. The molecule has 0 saturated carbocycles. The van der Waals surface area contributed by atoms with Crippen molar-refractivity contribution < 1.29 is 8.42 Å². The lowest BCUT2D eigenvalue weighted by Gasteiger charge is -2.34. The number of piperazine rings is 1. The van der Waals surface area contributed by atoms with Gasteiger partial charge in [0.15, 0.2) is 0 Å². The third-order valence-corrected chi connectivity index (χ3v) is 6.02. The molecule has 0 spiro atoms. The van der Waals surface area contributed by atoms with Gasteiger partial charge in [0, 0.05) is 26.2 Å². The summed E-state index contributed by atoms with van der Waals surface area (Å²) >= 11 is 0. The van der Waals surface area contributed by atoms with Crippen LogP contribution in [0.3, 0.4) is 0 Å². The minimum Gasteiger partial charge on any atom is -0.330 e. The van der Waals surface area contributed by atoms with Crippen molar-refractivity contribution in [3.8, 4) is 0 Å². The van der Waals surface area contributed by atoms with E-state index in [0.717, 1.165) is 37.2 Å². The lowest BCUT2D eigenvalue weighted by atomic mass is 10.2. The third-order valence-electron chi connectivity index (χ3n) is 3.96. The monoisotopic (exact) mass is 311 g/mol. The van der Waals surface area contributed by atoms with E-state index in [1.54, 1.807) is 10.4 Å². The highest BCUT2D eigenvalue weighted by atomic mass is 32.2. The molecule has 1 aromatic rings. The molecule has 0 aliphatic carbocycles. The molecule has 5 nitrogen and oxygen atoms in total. The predicted octanol–water partition coefficient (Wildman–Crippen LogP) is 0.959. The highest BCUT2D eigenvalue weighted by Gasteiger charge is 2.29. The van der Waals surface area contributed by atoms with E-state index in [4.69, 9.17) is 5.73 Å². The minimum absolute atomic E-state index is 0.434. The molecule has 118 valence electrons. The van der Waals surface area contributed by atoms with Crippen LogP contribution < -0.4 is 5.73 Å². The summed E-state index contributed by atoms with van der Waals surface area (Å²) in [4.78, 5) is 2.71. The van der Waals surface area contributed by atoms with E-state index >= 15 is 0 Å². The van der Waals surface area contributed by atoms with E-state index in [9.17, 15) is 8.42 Å². The van der Waals surface area contributed by atoms with Crippen LogP contribution in [-0.4, -0.2) is 56.9 Å². The van der Waals surface area contributed by atoms with E-state index in [-0.39, 0.29) is 0 Å². The third kappa shape index (κ3) is 3.83. The molecule has 1 heterocycles. The number of nitrogens with two attached hydrogens (primary N) is 1. The zero-order valence-electron chi connectivity index (χ0n) is 12.9. The van der Waals surface area contributed by atoms with E-state index in [1.165, 1.54) is 0 Å². The number of hydrogen-bond acceptors (Lipinski definition) is 4. The van der Waals surface area contributed by atoms with Crippen molar-refractivity contribution in [2.24, 2.45) is 5.73 Å². The highest BCUT2D eigenvalue weighted by molar-refractivity contribution is 7.89. The standard InChI is InChI=1S/C15H25N3O2S/c1-13-4-5-15(14(2)12-13)21(19,20)18-10-8-17(9-11-18)7-3-6-16/h4-5,12H,3,6-11,16H2,1-2H3. The topological polar surface area (TPSA) is 66.6 Å². The fourth-order valence-electron chi connectivity index (χ4n) is 2.74. The minimum atomic E-state index is -3.37. The number of sulfonamides is 1. The Bertz CT molecular complexity index is 579. The molecule has 0 aromatic heterocycles. The summed E-state index contributed by atoms with van der Waals surface area (Å²) in [5.41, 5.74) is 7.42. The van der Waals surface area contributed by atoms with Crippen molar-refractivity contribution in [3.05, 3.63) is 29.3 Å². The van der Waals surface area contributed by atoms with Gasteiger partial charge in [-0.15, -0.1) is 0 Å². The van der Waals surface area contributed by atoms with Crippen molar-refractivity contribution in [2.45, 2.75) is 25.2 Å². The molecule has 1 saturated heterocycles. The summed E-state index contributed by atoms with van der Waals surface area (Å²) in [7, 11) is -3.37. The summed E-state index contributed by atoms with van der Waals surface area (Å²) in [5, 5.41) is 0. The van der Waals surface area contributed by atoms with Crippen molar-refractivity contribution >= 4 is 10.0 Å². The number of aryl methyl sites for hydroxylation is 2. The van der Waals surface area contributed by atoms with Crippen molar-refractivity contribution in [3.63, 3.8) is 0 Å². The van der Waals surface area contributed by atoms with Crippen LogP contribution in [0.5, 0.6) is 0 Å². The van der Waals surface area contributed by atoms with Gasteiger partial charge in [0.2, 0.25) is 10.0 Å². The molecule has 0 unspecified atom stereocenters. The second kappa shape index (κ2) is 6.87. The summed E-state index contributed by atoms with van der Waals surface area (Å²) in [6.45, 7) is 8.14. The zero-order chi connectivity index (χ0) is 15.5. The van der Waals surface area contributed by atoms with Crippen molar-refractivity contribution in [1.82, 2.24) is 9.21 Å². The van der Waals surface area contributed by atoms with Gasteiger partial charge < -0.3 is 10.6 Å². The van der Waals surface area contributed by atoms with Gasteiger partial charge in [-0.05, 0) is 45.0 Å². The molecule has 0 radical (unpaired) electrons. The smallest absolute Gasteiger partial charge is 0.243 e. The Morgan fingerprint density at radius 3 is 2.38 bits per heavy atom. The van der Waals surface area contributed by atoms with Gasteiger partial charge >= 0.3 is 0 Å². The van der Waals surface area contributed by atoms with Gasteiger partial charge in [-0.1, -0.05) is 17.7 Å². The number of benzene rings is 1. The van der Waals surface area contributed by atoms with E-state index in [1.807, 2.05) is 26.0 Å². The lowest BCUT2D eigenvalue weighted by molar-refractivity contribution is 0.187.